The highest BCUT2D eigenvalue weighted by Crippen LogP contribution is 2.27. The zero-order valence-corrected chi connectivity index (χ0v) is 18.0. The van der Waals surface area contributed by atoms with Crippen LogP contribution < -0.4 is 4.74 Å². The number of benzene rings is 3. The smallest absolute Gasteiger partial charge is 0.338 e. The first kappa shape index (κ1) is 21.6. The number of ether oxygens (including phenoxy) is 1. The summed E-state index contributed by atoms with van der Waals surface area (Å²) < 4.78 is 5.25. The fraction of sp³-hybridized carbons (Fsp3) is 0.250. The quantitative estimate of drug-likeness (QED) is 0.160. The number of hydrogen-bond acceptors (Lipinski definition) is 2. The maximum absolute atomic E-state index is 11.6. The van der Waals surface area contributed by atoms with E-state index < -0.39 is 5.97 Å². The van der Waals surface area contributed by atoms with Crippen LogP contribution in [0.4, 0.5) is 0 Å². The van der Waals surface area contributed by atoms with Crippen molar-refractivity contribution >= 4 is 5.97 Å². The Bertz CT molecular complexity index is 965. The molecule has 0 saturated heterocycles. The molecule has 0 unspecified atom stereocenters. The summed E-state index contributed by atoms with van der Waals surface area (Å²) in [7, 11) is 0. The highest BCUT2D eigenvalue weighted by atomic mass is 16.5. The van der Waals surface area contributed by atoms with Gasteiger partial charge >= 0.3 is 5.97 Å². The van der Waals surface area contributed by atoms with Crippen molar-refractivity contribution in [1.29, 1.82) is 0 Å². The predicted molar refractivity (Wildman–Crippen MR) is 126 cm³/mol. The molecule has 3 aromatic carbocycles. The fourth-order valence-corrected chi connectivity index (χ4v) is 3.38. The number of esters is 1. The Morgan fingerprint density at radius 2 is 1.20 bits per heavy atom. The van der Waals surface area contributed by atoms with E-state index >= 15 is 0 Å². The van der Waals surface area contributed by atoms with Gasteiger partial charge in [-0.25, -0.2) is 4.79 Å². The predicted octanol–water partition coefficient (Wildman–Crippen LogP) is 7.62. The molecule has 3 aromatic rings. The minimum absolute atomic E-state index is 0.388. The molecule has 154 valence electrons. The van der Waals surface area contributed by atoms with Crippen molar-refractivity contribution in [2.45, 2.75) is 46.0 Å². The van der Waals surface area contributed by atoms with Gasteiger partial charge in [0.2, 0.25) is 0 Å². The second-order valence-electron chi connectivity index (χ2n) is 7.78. The average molecular weight is 399 g/mol. The number of aryl methyl sites for hydroxylation is 1. The molecule has 0 atom stereocenters. The van der Waals surface area contributed by atoms with E-state index in [1.54, 1.807) is 6.92 Å². The second-order valence-corrected chi connectivity index (χ2v) is 7.78. The lowest BCUT2D eigenvalue weighted by molar-refractivity contribution is -0.130. The van der Waals surface area contributed by atoms with E-state index in [4.69, 9.17) is 4.74 Å². The maximum atomic E-state index is 11.6. The van der Waals surface area contributed by atoms with Crippen molar-refractivity contribution < 1.29 is 9.53 Å². The monoisotopic (exact) mass is 398 g/mol. The lowest BCUT2D eigenvalue weighted by Gasteiger charge is -2.08. The summed E-state index contributed by atoms with van der Waals surface area (Å²) in [6, 6.07) is 25.0. The lowest BCUT2D eigenvalue weighted by Crippen LogP contribution is -2.07. The first-order valence-corrected chi connectivity index (χ1v) is 10.7. The number of carbonyl (C=O) groups is 1. The van der Waals surface area contributed by atoms with E-state index in [9.17, 15) is 4.79 Å². The van der Waals surface area contributed by atoms with E-state index in [-0.39, 0.29) is 0 Å². The SMILES string of the molecule is C=C(C)C(=O)Oc1ccc(-c2ccc(-c3ccc(CCCCCC)cc3)cc2)cc1. The molecular formula is C28H30O2. The summed E-state index contributed by atoms with van der Waals surface area (Å²) in [6.07, 6.45) is 6.36. The van der Waals surface area contributed by atoms with Crippen molar-refractivity contribution in [3.63, 3.8) is 0 Å². The van der Waals surface area contributed by atoms with Crippen molar-refractivity contribution in [2.24, 2.45) is 0 Å². The molecule has 30 heavy (non-hydrogen) atoms. The molecule has 0 amide bonds. The van der Waals surface area contributed by atoms with Crippen LogP contribution in [0, 0.1) is 0 Å². The normalized spacial score (nSPS) is 10.6. The van der Waals surface area contributed by atoms with E-state index in [1.807, 2.05) is 24.3 Å². The van der Waals surface area contributed by atoms with Crippen molar-refractivity contribution in [3.05, 3.63) is 90.5 Å². The van der Waals surface area contributed by atoms with Crippen LogP contribution in [0.3, 0.4) is 0 Å². The van der Waals surface area contributed by atoms with Gasteiger partial charge in [-0.3, -0.25) is 0 Å². The molecule has 2 heteroatoms. The van der Waals surface area contributed by atoms with Gasteiger partial charge in [-0.05, 0) is 59.7 Å². The van der Waals surface area contributed by atoms with E-state index in [0.29, 0.717) is 11.3 Å². The molecule has 0 fully saturated rings. The summed E-state index contributed by atoms with van der Waals surface area (Å²) in [6.45, 7) is 7.48. The molecule has 0 aromatic heterocycles. The first-order valence-electron chi connectivity index (χ1n) is 10.7. The minimum atomic E-state index is -0.404. The largest absolute Gasteiger partial charge is 0.423 e. The summed E-state index contributed by atoms with van der Waals surface area (Å²) >= 11 is 0. The van der Waals surface area contributed by atoms with Crippen LogP contribution in [-0.2, 0) is 11.2 Å². The van der Waals surface area contributed by atoms with Gasteiger partial charge in [0.05, 0.1) is 0 Å². The Kier molecular flexibility index (Phi) is 7.62. The highest BCUT2D eigenvalue weighted by Gasteiger charge is 2.06. The Balaban J connectivity index is 1.63. The molecule has 0 aliphatic rings. The van der Waals surface area contributed by atoms with Gasteiger partial charge in [0.15, 0.2) is 0 Å². The molecule has 0 aliphatic carbocycles. The van der Waals surface area contributed by atoms with Gasteiger partial charge in [0.25, 0.3) is 0 Å². The van der Waals surface area contributed by atoms with E-state index in [1.165, 1.54) is 42.4 Å². The molecule has 2 nitrogen and oxygen atoms in total. The number of rotatable bonds is 9. The Morgan fingerprint density at radius 1 is 0.733 bits per heavy atom. The summed E-state index contributed by atoms with van der Waals surface area (Å²) in [5, 5.41) is 0. The molecule has 0 spiro atoms. The third-order valence-electron chi connectivity index (χ3n) is 5.24. The molecular weight excluding hydrogens is 368 g/mol. The molecule has 0 heterocycles. The molecule has 0 N–H and O–H groups in total. The average Bonchev–Trinajstić information content (AvgIpc) is 2.78. The number of carbonyl (C=O) groups excluding carboxylic acids is 1. The number of unbranched alkanes of at least 4 members (excludes halogenated alkanes) is 3. The standard InChI is InChI=1S/C28H30O2/c1-4-5-6-7-8-22-9-11-23(12-10-22)24-13-15-25(16-14-24)26-17-19-27(20-18-26)30-28(29)21(2)3/h9-20H,2,4-8H2,1,3H3. The van der Waals surface area contributed by atoms with Gasteiger partial charge in [0, 0.05) is 5.57 Å². The van der Waals surface area contributed by atoms with Crippen LogP contribution in [0.1, 0.15) is 45.1 Å². The Labute approximate surface area is 180 Å². The third-order valence-corrected chi connectivity index (χ3v) is 5.24. The van der Waals surface area contributed by atoms with Crippen LogP contribution in [0.25, 0.3) is 22.3 Å². The topological polar surface area (TPSA) is 26.3 Å². The highest BCUT2D eigenvalue weighted by molar-refractivity contribution is 5.88. The maximum Gasteiger partial charge on any atom is 0.338 e. The Hall–Kier alpha value is -3.13. The number of hydrogen-bond donors (Lipinski definition) is 0. The molecule has 0 aliphatic heterocycles. The van der Waals surface area contributed by atoms with Crippen molar-refractivity contribution in [2.75, 3.05) is 0 Å². The van der Waals surface area contributed by atoms with Gasteiger partial charge in [-0.1, -0.05) is 93.4 Å². The van der Waals surface area contributed by atoms with Crippen LogP contribution in [0.15, 0.2) is 84.9 Å². The van der Waals surface area contributed by atoms with E-state index in [2.05, 4.69) is 62.0 Å². The van der Waals surface area contributed by atoms with E-state index in [0.717, 1.165) is 17.5 Å². The van der Waals surface area contributed by atoms with Crippen LogP contribution in [-0.4, -0.2) is 5.97 Å². The fourth-order valence-electron chi connectivity index (χ4n) is 3.38. The van der Waals surface area contributed by atoms with Gasteiger partial charge in [0.1, 0.15) is 5.75 Å². The summed E-state index contributed by atoms with van der Waals surface area (Å²) in [4.78, 5) is 11.6. The zero-order valence-electron chi connectivity index (χ0n) is 18.0. The summed E-state index contributed by atoms with van der Waals surface area (Å²) in [5.74, 6) is 0.122. The molecule has 3 rings (SSSR count). The van der Waals surface area contributed by atoms with Crippen LogP contribution >= 0.6 is 0 Å². The third kappa shape index (κ3) is 5.93. The first-order chi connectivity index (χ1) is 14.6. The van der Waals surface area contributed by atoms with Gasteiger partial charge in [-0.2, -0.15) is 0 Å². The Morgan fingerprint density at radius 3 is 1.67 bits per heavy atom. The molecule has 0 radical (unpaired) electrons. The van der Waals surface area contributed by atoms with Crippen molar-refractivity contribution in [1.82, 2.24) is 0 Å². The van der Waals surface area contributed by atoms with Crippen LogP contribution in [0.2, 0.25) is 0 Å². The summed E-state index contributed by atoms with van der Waals surface area (Å²) in [5.41, 5.74) is 6.46. The molecule has 0 saturated carbocycles. The molecule has 0 bridgehead atoms. The van der Waals surface area contributed by atoms with Gasteiger partial charge < -0.3 is 4.74 Å². The van der Waals surface area contributed by atoms with Gasteiger partial charge in [-0.15, -0.1) is 0 Å². The second kappa shape index (κ2) is 10.6. The minimum Gasteiger partial charge on any atom is -0.423 e. The van der Waals surface area contributed by atoms with Crippen molar-refractivity contribution in [3.8, 4) is 28.0 Å². The zero-order chi connectivity index (χ0) is 21.3. The lowest BCUT2D eigenvalue weighted by atomic mass is 9.98. The van der Waals surface area contributed by atoms with Crippen LogP contribution in [0.5, 0.6) is 5.75 Å².